The van der Waals surface area contributed by atoms with Crippen molar-refractivity contribution in [2.24, 2.45) is 0 Å². The number of thiophene rings is 1. The first kappa shape index (κ1) is 11.4. The van der Waals surface area contributed by atoms with Crippen LogP contribution in [0.3, 0.4) is 0 Å². The molecule has 2 aromatic heterocycles. The first-order valence-electron chi connectivity index (χ1n) is 5.59. The molecule has 1 atom stereocenters. The minimum atomic E-state index is 0.448. The minimum Gasteiger partial charge on any atom is -0.310 e. The second-order valence-electron chi connectivity index (χ2n) is 3.86. The zero-order valence-corrected chi connectivity index (χ0v) is 10.3. The number of hydrogen-bond donors (Lipinski definition) is 1. The van der Waals surface area contributed by atoms with Crippen LogP contribution in [0.2, 0.25) is 0 Å². The number of nitrogens with zero attached hydrogens (tertiary/aromatic N) is 2. The summed E-state index contributed by atoms with van der Waals surface area (Å²) in [6.07, 6.45) is 4.93. The van der Waals surface area contributed by atoms with Gasteiger partial charge in [-0.2, -0.15) is 16.4 Å². The average molecular weight is 235 g/mol. The van der Waals surface area contributed by atoms with Gasteiger partial charge in [-0.1, -0.05) is 0 Å². The molecule has 16 heavy (non-hydrogen) atoms. The molecular formula is C12H17N3S. The zero-order valence-electron chi connectivity index (χ0n) is 9.47. The molecule has 2 aromatic rings. The standard InChI is InChI=1S/C12H17N3S/c1-11(12-4-9-16-10-12)13-5-2-7-15-8-3-6-14-15/h3-4,6,8-11,13H,2,5,7H2,1H3. The fourth-order valence-electron chi connectivity index (χ4n) is 1.63. The van der Waals surface area contributed by atoms with Crippen LogP contribution in [-0.4, -0.2) is 16.3 Å². The Bertz CT molecular complexity index is 380. The van der Waals surface area contributed by atoms with Crippen molar-refractivity contribution in [3.63, 3.8) is 0 Å². The fourth-order valence-corrected chi connectivity index (χ4v) is 2.39. The van der Waals surface area contributed by atoms with Crippen LogP contribution in [-0.2, 0) is 6.54 Å². The Balaban J connectivity index is 1.65. The maximum Gasteiger partial charge on any atom is 0.0489 e. The summed E-state index contributed by atoms with van der Waals surface area (Å²) in [5.41, 5.74) is 1.38. The van der Waals surface area contributed by atoms with Crippen LogP contribution in [0.15, 0.2) is 35.3 Å². The predicted molar refractivity (Wildman–Crippen MR) is 67.6 cm³/mol. The molecule has 0 aliphatic rings. The molecule has 2 heterocycles. The third kappa shape index (κ3) is 3.18. The Morgan fingerprint density at radius 1 is 1.56 bits per heavy atom. The first-order valence-corrected chi connectivity index (χ1v) is 6.53. The summed E-state index contributed by atoms with van der Waals surface area (Å²) in [5.74, 6) is 0. The summed E-state index contributed by atoms with van der Waals surface area (Å²) < 4.78 is 1.97. The van der Waals surface area contributed by atoms with Crippen molar-refractivity contribution in [1.82, 2.24) is 15.1 Å². The molecule has 4 heteroatoms. The largest absolute Gasteiger partial charge is 0.310 e. The second-order valence-corrected chi connectivity index (χ2v) is 4.64. The van der Waals surface area contributed by atoms with Crippen LogP contribution in [0.5, 0.6) is 0 Å². The maximum atomic E-state index is 4.17. The lowest BCUT2D eigenvalue weighted by Crippen LogP contribution is -2.20. The zero-order chi connectivity index (χ0) is 11.2. The average Bonchev–Trinajstić information content (AvgIpc) is 2.96. The van der Waals surface area contributed by atoms with Gasteiger partial charge in [0.05, 0.1) is 0 Å². The van der Waals surface area contributed by atoms with E-state index in [-0.39, 0.29) is 0 Å². The third-order valence-corrected chi connectivity index (χ3v) is 3.32. The Kier molecular flexibility index (Phi) is 4.13. The molecule has 3 nitrogen and oxygen atoms in total. The van der Waals surface area contributed by atoms with Gasteiger partial charge in [0.15, 0.2) is 0 Å². The van der Waals surface area contributed by atoms with Gasteiger partial charge in [0.2, 0.25) is 0 Å². The van der Waals surface area contributed by atoms with Crippen molar-refractivity contribution in [2.75, 3.05) is 6.54 Å². The molecule has 0 aliphatic carbocycles. The molecule has 2 rings (SSSR count). The van der Waals surface area contributed by atoms with Crippen LogP contribution in [0.4, 0.5) is 0 Å². The normalized spacial score (nSPS) is 12.8. The molecule has 0 amide bonds. The van der Waals surface area contributed by atoms with Crippen molar-refractivity contribution in [3.8, 4) is 0 Å². The van der Waals surface area contributed by atoms with Crippen molar-refractivity contribution in [2.45, 2.75) is 25.9 Å². The first-order chi connectivity index (χ1) is 7.86. The molecule has 0 bridgehead atoms. The van der Waals surface area contributed by atoms with Gasteiger partial charge in [0, 0.05) is 25.0 Å². The van der Waals surface area contributed by atoms with Crippen LogP contribution < -0.4 is 5.32 Å². The van der Waals surface area contributed by atoms with E-state index < -0.39 is 0 Å². The van der Waals surface area contributed by atoms with Gasteiger partial charge < -0.3 is 5.32 Å². The lowest BCUT2D eigenvalue weighted by atomic mass is 10.2. The molecular weight excluding hydrogens is 218 g/mol. The predicted octanol–water partition coefficient (Wildman–Crippen LogP) is 2.69. The lowest BCUT2D eigenvalue weighted by Gasteiger charge is -2.12. The van der Waals surface area contributed by atoms with E-state index in [1.165, 1.54) is 5.56 Å². The summed E-state index contributed by atoms with van der Waals surface area (Å²) in [4.78, 5) is 0. The molecule has 0 radical (unpaired) electrons. The highest BCUT2D eigenvalue weighted by Gasteiger charge is 2.03. The molecule has 0 fully saturated rings. The third-order valence-electron chi connectivity index (χ3n) is 2.62. The molecule has 1 N–H and O–H groups in total. The van der Waals surface area contributed by atoms with Gasteiger partial charge in [-0.05, 0) is 48.3 Å². The van der Waals surface area contributed by atoms with E-state index in [0.29, 0.717) is 6.04 Å². The van der Waals surface area contributed by atoms with Gasteiger partial charge in [0.25, 0.3) is 0 Å². The molecule has 86 valence electrons. The van der Waals surface area contributed by atoms with Crippen molar-refractivity contribution < 1.29 is 0 Å². The summed E-state index contributed by atoms with van der Waals surface area (Å²) in [6, 6.07) is 4.58. The molecule has 0 aromatic carbocycles. The number of aryl methyl sites for hydroxylation is 1. The van der Waals surface area contributed by atoms with E-state index in [4.69, 9.17) is 0 Å². The van der Waals surface area contributed by atoms with Gasteiger partial charge >= 0.3 is 0 Å². The number of nitrogens with one attached hydrogen (secondary N) is 1. The van der Waals surface area contributed by atoms with Crippen LogP contribution in [0, 0.1) is 0 Å². The highest BCUT2D eigenvalue weighted by molar-refractivity contribution is 7.07. The second kappa shape index (κ2) is 5.82. The molecule has 0 saturated carbocycles. The Hall–Kier alpha value is -1.13. The van der Waals surface area contributed by atoms with Crippen LogP contribution in [0.1, 0.15) is 24.9 Å². The fraction of sp³-hybridized carbons (Fsp3) is 0.417. The van der Waals surface area contributed by atoms with E-state index in [9.17, 15) is 0 Å². The van der Waals surface area contributed by atoms with E-state index >= 15 is 0 Å². The summed E-state index contributed by atoms with van der Waals surface area (Å²) in [5, 5.41) is 12.0. The highest BCUT2D eigenvalue weighted by Crippen LogP contribution is 2.15. The topological polar surface area (TPSA) is 29.9 Å². The number of hydrogen-bond acceptors (Lipinski definition) is 3. The van der Waals surface area contributed by atoms with Crippen LogP contribution >= 0.6 is 11.3 Å². The van der Waals surface area contributed by atoms with E-state index in [1.807, 2.05) is 23.1 Å². The van der Waals surface area contributed by atoms with E-state index in [0.717, 1.165) is 19.5 Å². The van der Waals surface area contributed by atoms with Gasteiger partial charge in [-0.3, -0.25) is 4.68 Å². The van der Waals surface area contributed by atoms with Gasteiger partial charge in [0.1, 0.15) is 0 Å². The summed E-state index contributed by atoms with van der Waals surface area (Å²) in [6.45, 7) is 4.21. The number of rotatable bonds is 6. The van der Waals surface area contributed by atoms with Crippen molar-refractivity contribution in [1.29, 1.82) is 0 Å². The SMILES string of the molecule is CC(NCCCn1cccn1)c1ccsc1. The Morgan fingerprint density at radius 3 is 3.19 bits per heavy atom. The number of aromatic nitrogens is 2. The van der Waals surface area contributed by atoms with E-state index in [2.05, 4.69) is 34.2 Å². The Labute approximate surface area is 100 Å². The van der Waals surface area contributed by atoms with E-state index in [1.54, 1.807) is 11.3 Å². The van der Waals surface area contributed by atoms with Crippen molar-refractivity contribution >= 4 is 11.3 Å². The summed E-state index contributed by atoms with van der Waals surface area (Å²) in [7, 11) is 0. The smallest absolute Gasteiger partial charge is 0.0489 e. The maximum absolute atomic E-state index is 4.17. The summed E-state index contributed by atoms with van der Waals surface area (Å²) >= 11 is 1.75. The molecule has 1 unspecified atom stereocenters. The molecule has 0 spiro atoms. The highest BCUT2D eigenvalue weighted by atomic mass is 32.1. The van der Waals surface area contributed by atoms with Crippen molar-refractivity contribution in [3.05, 3.63) is 40.8 Å². The molecule has 0 saturated heterocycles. The monoisotopic (exact) mass is 235 g/mol. The van der Waals surface area contributed by atoms with Gasteiger partial charge in [-0.25, -0.2) is 0 Å². The molecule has 0 aliphatic heterocycles. The van der Waals surface area contributed by atoms with Crippen LogP contribution in [0.25, 0.3) is 0 Å². The lowest BCUT2D eigenvalue weighted by molar-refractivity contribution is 0.507. The quantitative estimate of drug-likeness (QED) is 0.780. The van der Waals surface area contributed by atoms with Gasteiger partial charge in [-0.15, -0.1) is 0 Å². The minimum absolute atomic E-state index is 0.448. The Morgan fingerprint density at radius 2 is 2.50 bits per heavy atom.